The van der Waals surface area contributed by atoms with E-state index >= 15 is 0 Å². The number of hydrogen-bond donors (Lipinski definition) is 2. The van der Waals surface area contributed by atoms with E-state index in [4.69, 9.17) is 9.84 Å². The van der Waals surface area contributed by atoms with E-state index in [1.54, 1.807) is 7.05 Å². The fourth-order valence-electron chi connectivity index (χ4n) is 2.10. The van der Waals surface area contributed by atoms with Crippen molar-refractivity contribution in [1.29, 1.82) is 0 Å². The molecular formula is C13H23NO4. The van der Waals surface area contributed by atoms with E-state index in [1.807, 2.05) is 27.7 Å². The maximum atomic E-state index is 12.5. The Morgan fingerprint density at radius 2 is 1.94 bits per heavy atom. The number of rotatable bonds is 7. The summed E-state index contributed by atoms with van der Waals surface area (Å²) >= 11 is 0. The second kappa shape index (κ2) is 4.97. The minimum absolute atomic E-state index is 0.00441. The van der Waals surface area contributed by atoms with Gasteiger partial charge in [0.05, 0.1) is 6.61 Å². The maximum Gasteiger partial charge on any atom is 0.346 e. The summed E-state index contributed by atoms with van der Waals surface area (Å²) in [6.45, 7) is 7.86. The van der Waals surface area contributed by atoms with E-state index in [0.29, 0.717) is 12.3 Å². The van der Waals surface area contributed by atoms with Crippen LogP contribution in [0.2, 0.25) is 0 Å². The molecule has 1 saturated heterocycles. The van der Waals surface area contributed by atoms with E-state index in [9.17, 15) is 9.59 Å². The third kappa shape index (κ3) is 2.72. The first kappa shape index (κ1) is 15.1. The molecule has 0 aromatic carbocycles. The number of carboxylic acids is 1. The van der Waals surface area contributed by atoms with Crippen molar-refractivity contribution in [3.8, 4) is 0 Å². The van der Waals surface area contributed by atoms with Gasteiger partial charge in [-0.3, -0.25) is 4.79 Å². The lowest BCUT2D eigenvalue weighted by molar-refractivity contribution is -0.150. The molecule has 1 fully saturated rings. The average molecular weight is 257 g/mol. The maximum absolute atomic E-state index is 12.5. The Labute approximate surface area is 108 Å². The molecule has 0 aliphatic carbocycles. The van der Waals surface area contributed by atoms with E-state index < -0.39 is 17.1 Å². The van der Waals surface area contributed by atoms with Crippen molar-refractivity contribution < 1.29 is 19.4 Å². The molecule has 104 valence electrons. The summed E-state index contributed by atoms with van der Waals surface area (Å²) in [5.41, 5.74) is -2.04. The molecule has 0 unspecified atom stereocenters. The zero-order valence-corrected chi connectivity index (χ0v) is 11.7. The molecule has 0 spiro atoms. The Balaban J connectivity index is 2.97. The largest absolute Gasteiger partial charge is 0.479 e. The van der Waals surface area contributed by atoms with Crippen molar-refractivity contribution in [3.63, 3.8) is 0 Å². The van der Waals surface area contributed by atoms with Crippen LogP contribution < -0.4 is 5.32 Å². The van der Waals surface area contributed by atoms with Crippen molar-refractivity contribution in [2.75, 3.05) is 13.7 Å². The molecule has 1 heterocycles. The molecule has 5 nitrogen and oxygen atoms in total. The van der Waals surface area contributed by atoms with E-state index in [1.165, 1.54) is 0 Å². The number of aliphatic carboxylic acids is 1. The van der Waals surface area contributed by atoms with Gasteiger partial charge in [0.25, 0.3) is 0 Å². The average Bonchev–Trinajstić information content (AvgIpc) is 3.05. The van der Waals surface area contributed by atoms with Crippen LogP contribution in [0.25, 0.3) is 0 Å². The molecule has 2 N–H and O–H groups in total. The number of ketones is 1. The van der Waals surface area contributed by atoms with Gasteiger partial charge in [-0.2, -0.15) is 0 Å². The Bertz CT molecular complexity index is 345. The quantitative estimate of drug-likeness (QED) is 0.527. The topological polar surface area (TPSA) is 78.9 Å². The SMILES string of the molecule is CNC(C)(C)[C@@H](CC(C)C)C(=O)[C@@]1(C(=O)O)CO1. The zero-order chi connectivity index (χ0) is 14.1. The highest BCUT2D eigenvalue weighted by molar-refractivity contribution is 6.10. The molecule has 0 amide bonds. The van der Waals surface area contributed by atoms with Gasteiger partial charge in [0.1, 0.15) is 0 Å². The van der Waals surface area contributed by atoms with Crippen LogP contribution in [0, 0.1) is 11.8 Å². The fraction of sp³-hybridized carbons (Fsp3) is 0.846. The van der Waals surface area contributed by atoms with Gasteiger partial charge < -0.3 is 15.2 Å². The lowest BCUT2D eigenvalue weighted by atomic mass is 9.75. The molecule has 1 rings (SSSR count). The molecule has 0 radical (unpaired) electrons. The van der Waals surface area contributed by atoms with Crippen molar-refractivity contribution in [2.45, 2.75) is 45.3 Å². The molecule has 1 aliphatic heterocycles. The monoisotopic (exact) mass is 257 g/mol. The van der Waals surface area contributed by atoms with Gasteiger partial charge in [0, 0.05) is 11.5 Å². The zero-order valence-electron chi connectivity index (χ0n) is 11.7. The van der Waals surface area contributed by atoms with Crippen molar-refractivity contribution in [2.24, 2.45) is 11.8 Å². The second-order valence-corrected chi connectivity index (χ2v) is 5.94. The van der Waals surface area contributed by atoms with Gasteiger partial charge in [-0.15, -0.1) is 0 Å². The van der Waals surface area contributed by atoms with Crippen LogP contribution in [-0.4, -0.2) is 41.7 Å². The van der Waals surface area contributed by atoms with E-state index in [-0.39, 0.29) is 18.3 Å². The molecule has 0 saturated carbocycles. The number of hydrogen-bond acceptors (Lipinski definition) is 4. The first-order valence-electron chi connectivity index (χ1n) is 6.28. The summed E-state index contributed by atoms with van der Waals surface area (Å²) in [5, 5.41) is 12.2. The number of Topliss-reactive ketones (excluding diaryl/α,β-unsaturated/α-hetero) is 1. The third-order valence-corrected chi connectivity index (χ3v) is 3.72. The van der Waals surface area contributed by atoms with Crippen LogP contribution >= 0.6 is 0 Å². The summed E-state index contributed by atoms with van der Waals surface area (Å²) < 4.78 is 4.94. The number of carbonyl (C=O) groups excluding carboxylic acids is 1. The van der Waals surface area contributed by atoms with Crippen LogP contribution in [0.4, 0.5) is 0 Å². The number of carboxylic acid groups (broad SMARTS) is 1. The summed E-state index contributed by atoms with van der Waals surface area (Å²) in [7, 11) is 1.78. The first-order valence-corrected chi connectivity index (χ1v) is 6.28. The highest BCUT2D eigenvalue weighted by Gasteiger charge is 2.62. The van der Waals surface area contributed by atoms with E-state index in [0.717, 1.165) is 0 Å². The summed E-state index contributed by atoms with van der Waals surface area (Å²) in [4.78, 5) is 23.6. The minimum Gasteiger partial charge on any atom is -0.479 e. The summed E-state index contributed by atoms with van der Waals surface area (Å²) in [5.74, 6) is -1.55. The lowest BCUT2D eigenvalue weighted by Gasteiger charge is -2.35. The Morgan fingerprint density at radius 1 is 1.44 bits per heavy atom. The molecule has 2 atom stereocenters. The van der Waals surface area contributed by atoms with Gasteiger partial charge >= 0.3 is 5.97 Å². The third-order valence-electron chi connectivity index (χ3n) is 3.72. The van der Waals surface area contributed by atoms with Crippen LogP contribution in [0.15, 0.2) is 0 Å². The van der Waals surface area contributed by atoms with Gasteiger partial charge in [-0.25, -0.2) is 4.79 Å². The molecule has 0 bridgehead atoms. The highest BCUT2D eigenvalue weighted by atomic mass is 16.6. The summed E-state index contributed by atoms with van der Waals surface area (Å²) in [6.07, 6.45) is 0.644. The molecule has 1 aliphatic rings. The number of epoxide rings is 1. The Hall–Kier alpha value is -0.940. The van der Waals surface area contributed by atoms with Gasteiger partial charge in [-0.1, -0.05) is 13.8 Å². The van der Waals surface area contributed by atoms with Gasteiger partial charge in [0.2, 0.25) is 5.60 Å². The van der Waals surface area contributed by atoms with Crippen LogP contribution in [0.5, 0.6) is 0 Å². The van der Waals surface area contributed by atoms with Gasteiger partial charge in [-0.05, 0) is 33.2 Å². The van der Waals surface area contributed by atoms with Crippen molar-refractivity contribution in [1.82, 2.24) is 5.32 Å². The Kier molecular flexibility index (Phi) is 4.18. The highest BCUT2D eigenvalue weighted by Crippen LogP contribution is 2.37. The van der Waals surface area contributed by atoms with Crippen molar-refractivity contribution >= 4 is 11.8 Å². The van der Waals surface area contributed by atoms with Crippen LogP contribution in [0.1, 0.15) is 34.1 Å². The first-order chi connectivity index (χ1) is 8.17. The molecule has 18 heavy (non-hydrogen) atoms. The molecular weight excluding hydrogens is 234 g/mol. The normalized spacial score (nSPS) is 25.0. The van der Waals surface area contributed by atoms with Gasteiger partial charge in [0.15, 0.2) is 5.78 Å². The fourth-order valence-corrected chi connectivity index (χ4v) is 2.10. The standard InChI is InChI=1S/C13H23NO4/c1-8(2)6-9(12(3,4)14-5)10(15)13(7-18-13)11(16)17/h8-9,14H,6-7H2,1-5H3,(H,16,17)/t9-,13+/m0/s1. The summed E-state index contributed by atoms with van der Waals surface area (Å²) in [6, 6.07) is 0. The lowest BCUT2D eigenvalue weighted by Crippen LogP contribution is -2.53. The van der Waals surface area contributed by atoms with E-state index in [2.05, 4.69) is 5.32 Å². The number of carbonyl (C=O) groups is 2. The smallest absolute Gasteiger partial charge is 0.346 e. The molecule has 0 aromatic rings. The predicted molar refractivity (Wildman–Crippen MR) is 67.4 cm³/mol. The molecule has 5 heteroatoms. The van der Waals surface area contributed by atoms with Crippen LogP contribution in [0.3, 0.4) is 0 Å². The number of ether oxygens (including phenoxy) is 1. The Morgan fingerprint density at radius 3 is 2.22 bits per heavy atom. The molecule has 0 aromatic heterocycles. The predicted octanol–water partition coefficient (Wildman–Crippen LogP) is 1.07. The van der Waals surface area contributed by atoms with Crippen molar-refractivity contribution in [3.05, 3.63) is 0 Å². The second-order valence-electron chi connectivity index (χ2n) is 5.94. The number of nitrogens with one attached hydrogen (secondary N) is 1. The van der Waals surface area contributed by atoms with Crippen LogP contribution in [-0.2, 0) is 14.3 Å². The minimum atomic E-state index is -1.59.